The van der Waals surface area contributed by atoms with E-state index in [1.54, 1.807) is 0 Å². The van der Waals surface area contributed by atoms with Crippen molar-refractivity contribution in [3.8, 4) is 33.5 Å². The van der Waals surface area contributed by atoms with Crippen molar-refractivity contribution in [3.63, 3.8) is 0 Å². The lowest BCUT2D eigenvalue weighted by molar-refractivity contribution is 0.260. The van der Waals surface area contributed by atoms with Gasteiger partial charge in [0.15, 0.2) is 5.60 Å². The summed E-state index contributed by atoms with van der Waals surface area (Å²) in [5.74, 6) is 0. The molecule has 1 aromatic heterocycles. The van der Waals surface area contributed by atoms with Gasteiger partial charge in [0.1, 0.15) is 0 Å². The van der Waals surface area contributed by atoms with E-state index in [2.05, 4.69) is 192 Å². The van der Waals surface area contributed by atoms with Gasteiger partial charge in [0.05, 0.1) is 17.1 Å². The molecule has 47 heavy (non-hydrogen) atoms. The first kappa shape index (κ1) is 27.4. The smallest absolute Gasteiger partial charge is 0.206 e. The molecule has 0 radical (unpaired) electrons. The Bertz CT molecular complexity index is 2210. The SMILES string of the molecule is c1ccc(C2=C(c3ccccc3)C3(c4[nH]c(-c5ccccc5)c(-c5ccccc5)c4-c4ccccc4)OC3(c3ccccc3)N2)cc1. The number of H-pyrrole nitrogens is 1. The summed E-state index contributed by atoms with van der Waals surface area (Å²) < 4.78 is 7.32. The Kier molecular flexibility index (Phi) is 6.34. The van der Waals surface area contributed by atoms with Gasteiger partial charge in [-0.25, -0.2) is 0 Å². The van der Waals surface area contributed by atoms with Gasteiger partial charge in [-0.2, -0.15) is 0 Å². The molecule has 2 aliphatic rings. The maximum absolute atomic E-state index is 7.32. The minimum absolute atomic E-state index is 0.832. The lowest BCUT2D eigenvalue weighted by atomic mass is 9.80. The Labute approximate surface area is 274 Å². The summed E-state index contributed by atoms with van der Waals surface area (Å²) in [4.78, 5) is 4.05. The molecule has 1 fully saturated rings. The van der Waals surface area contributed by atoms with Crippen LogP contribution in [0.4, 0.5) is 0 Å². The van der Waals surface area contributed by atoms with Crippen LogP contribution in [0.15, 0.2) is 182 Å². The molecular weight excluding hydrogens is 572 g/mol. The number of hydrogen-bond donors (Lipinski definition) is 2. The molecule has 6 aromatic carbocycles. The minimum Gasteiger partial charge on any atom is -0.355 e. The normalized spacial score (nSPS) is 19.7. The summed E-state index contributed by atoms with van der Waals surface area (Å²) in [6, 6.07) is 64.0. The Balaban J connectivity index is 1.43. The highest BCUT2D eigenvalue weighted by molar-refractivity contribution is 6.04. The molecule has 3 heterocycles. The van der Waals surface area contributed by atoms with Crippen molar-refractivity contribution in [2.24, 2.45) is 0 Å². The summed E-state index contributed by atoms with van der Waals surface area (Å²) in [5, 5.41) is 3.99. The predicted molar refractivity (Wildman–Crippen MR) is 191 cm³/mol. The van der Waals surface area contributed by atoms with E-state index in [9.17, 15) is 0 Å². The first-order valence-corrected chi connectivity index (χ1v) is 16.1. The number of aromatic nitrogens is 1. The van der Waals surface area contributed by atoms with Gasteiger partial charge < -0.3 is 15.0 Å². The number of nitrogens with one attached hydrogen (secondary N) is 2. The van der Waals surface area contributed by atoms with E-state index in [1.807, 2.05) is 0 Å². The quantitative estimate of drug-likeness (QED) is 0.178. The maximum Gasteiger partial charge on any atom is 0.206 e. The lowest BCUT2D eigenvalue weighted by Gasteiger charge is -2.19. The lowest BCUT2D eigenvalue weighted by Crippen LogP contribution is -2.30. The molecular formula is C44H32N2O. The van der Waals surface area contributed by atoms with Crippen LogP contribution in [-0.4, -0.2) is 4.98 Å². The van der Waals surface area contributed by atoms with Crippen molar-refractivity contribution < 1.29 is 4.74 Å². The minimum atomic E-state index is -0.872. The molecule has 3 heteroatoms. The number of rotatable bonds is 7. The van der Waals surface area contributed by atoms with Crippen LogP contribution in [-0.2, 0) is 16.1 Å². The molecule has 2 unspecified atom stereocenters. The van der Waals surface area contributed by atoms with Crippen LogP contribution >= 0.6 is 0 Å². The highest BCUT2D eigenvalue weighted by Crippen LogP contribution is 2.73. The van der Waals surface area contributed by atoms with Crippen molar-refractivity contribution >= 4 is 11.3 Å². The second-order valence-corrected chi connectivity index (χ2v) is 12.2. The van der Waals surface area contributed by atoms with E-state index in [1.165, 1.54) is 0 Å². The highest BCUT2D eigenvalue weighted by Gasteiger charge is 2.80. The first-order chi connectivity index (χ1) is 23.3. The number of epoxide rings is 1. The van der Waals surface area contributed by atoms with Crippen LogP contribution in [0, 0.1) is 0 Å². The highest BCUT2D eigenvalue weighted by atomic mass is 16.7. The molecule has 0 amide bonds. The second-order valence-electron chi connectivity index (χ2n) is 12.2. The maximum atomic E-state index is 7.32. The molecule has 3 nitrogen and oxygen atoms in total. The zero-order valence-corrected chi connectivity index (χ0v) is 25.7. The second kappa shape index (κ2) is 10.9. The Morgan fingerprint density at radius 3 is 1.36 bits per heavy atom. The fourth-order valence-electron chi connectivity index (χ4n) is 7.46. The average Bonchev–Trinajstić information content (AvgIpc) is 3.49. The number of ether oxygens (including phenoxy) is 1. The molecule has 0 saturated carbocycles. The van der Waals surface area contributed by atoms with E-state index in [0.29, 0.717) is 0 Å². The van der Waals surface area contributed by atoms with Crippen LogP contribution in [0.5, 0.6) is 0 Å². The zero-order chi connectivity index (χ0) is 31.3. The molecule has 9 rings (SSSR count). The molecule has 2 aliphatic heterocycles. The molecule has 2 atom stereocenters. The van der Waals surface area contributed by atoms with E-state index in [0.717, 1.165) is 67.2 Å². The third-order valence-corrected chi connectivity index (χ3v) is 9.51. The largest absolute Gasteiger partial charge is 0.355 e. The van der Waals surface area contributed by atoms with E-state index < -0.39 is 11.3 Å². The van der Waals surface area contributed by atoms with Crippen molar-refractivity contribution in [2.75, 3.05) is 0 Å². The zero-order valence-electron chi connectivity index (χ0n) is 25.7. The van der Waals surface area contributed by atoms with Crippen molar-refractivity contribution in [1.82, 2.24) is 10.3 Å². The van der Waals surface area contributed by atoms with Crippen LogP contribution < -0.4 is 5.32 Å². The molecule has 224 valence electrons. The van der Waals surface area contributed by atoms with Gasteiger partial charge in [0.2, 0.25) is 5.72 Å². The topological polar surface area (TPSA) is 40.4 Å². The Morgan fingerprint density at radius 1 is 0.404 bits per heavy atom. The number of aromatic amines is 1. The summed E-state index contributed by atoms with van der Waals surface area (Å²) >= 11 is 0. The third kappa shape index (κ3) is 4.17. The number of hydrogen-bond acceptors (Lipinski definition) is 2. The van der Waals surface area contributed by atoms with Crippen LogP contribution in [0.2, 0.25) is 0 Å². The van der Waals surface area contributed by atoms with Gasteiger partial charge in [-0.15, -0.1) is 0 Å². The fraction of sp³-hybridized carbons (Fsp3) is 0.0455. The summed E-state index contributed by atoms with van der Waals surface area (Å²) in [6.45, 7) is 0. The molecule has 0 aliphatic carbocycles. The molecule has 1 saturated heterocycles. The molecule has 7 aromatic rings. The van der Waals surface area contributed by atoms with Crippen LogP contribution in [0.1, 0.15) is 22.4 Å². The van der Waals surface area contributed by atoms with Crippen molar-refractivity contribution in [1.29, 1.82) is 0 Å². The Morgan fingerprint density at radius 2 is 0.830 bits per heavy atom. The monoisotopic (exact) mass is 604 g/mol. The molecule has 2 N–H and O–H groups in total. The number of fused-ring (bicyclic) bond motifs is 1. The van der Waals surface area contributed by atoms with Gasteiger partial charge in [0.25, 0.3) is 0 Å². The van der Waals surface area contributed by atoms with Crippen LogP contribution in [0.25, 0.3) is 44.8 Å². The van der Waals surface area contributed by atoms with Crippen molar-refractivity contribution in [3.05, 3.63) is 204 Å². The van der Waals surface area contributed by atoms with E-state index in [4.69, 9.17) is 4.74 Å². The first-order valence-electron chi connectivity index (χ1n) is 16.1. The van der Waals surface area contributed by atoms with Crippen molar-refractivity contribution in [2.45, 2.75) is 11.3 Å². The summed E-state index contributed by atoms with van der Waals surface area (Å²) in [7, 11) is 0. The average molecular weight is 605 g/mol. The van der Waals surface area contributed by atoms with E-state index in [-0.39, 0.29) is 0 Å². The fourth-order valence-corrected chi connectivity index (χ4v) is 7.46. The molecule has 0 bridgehead atoms. The van der Waals surface area contributed by atoms with Gasteiger partial charge in [-0.05, 0) is 27.8 Å². The molecule has 0 spiro atoms. The van der Waals surface area contributed by atoms with Gasteiger partial charge in [0, 0.05) is 22.3 Å². The van der Waals surface area contributed by atoms with E-state index >= 15 is 0 Å². The summed E-state index contributed by atoms with van der Waals surface area (Å²) in [6.07, 6.45) is 0. The summed E-state index contributed by atoms with van der Waals surface area (Å²) in [5.41, 5.74) is 11.6. The number of benzene rings is 6. The van der Waals surface area contributed by atoms with Gasteiger partial charge in [-0.1, -0.05) is 182 Å². The van der Waals surface area contributed by atoms with Crippen LogP contribution in [0.3, 0.4) is 0 Å². The van der Waals surface area contributed by atoms with Gasteiger partial charge >= 0.3 is 0 Å². The Hall–Kier alpha value is -5.90. The standard InChI is InChI=1S/C44H32N2O/c1-7-19-31(20-8-1)37-38(32-21-9-2-10-22-32)42(45-40(37)34-25-13-4-14-26-34)43-39(33-23-11-3-12-24-33)41(35-27-15-5-16-28-35)46-44(43,47-43)36-29-17-6-18-30-36/h1-30,45-46H. The predicted octanol–water partition coefficient (Wildman–Crippen LogP) is 10.3. The van der Waals surface area contributed by atoms with Gasteiger partial charge in [-0.3, -0.25) is 0 Å². The third-order valence-electron chi connectivity index (χ3n) is 9.51.